The van der Waals surface area contributed by atoms with Crippen molar-refractivity contribution in [2.45, 2.75) is 6.61 Å². The number of aromatic hydroxyl groups is 1. The van der Waals surface area contributed by atoms with Gasteiger partial charge in [0.05, 0.1) is 25.5 Å². The summed E-state index contributed by atoms with van der Waals surface area (Å²) in [4.78, 5) is 12.2. The maximum atomic E-state index is 12.2. The Morgan fingerprint density at radius 2 is 1.74 bits per heavy atom. The second-order valence-electron chi connectivity index (χ2n) is 6.39. The summed E-state index contributed by atoms with van der Waals surface area (Å²) in [5, 5.41) is 13.5. The third-order valence-corrected chi connectivity index (χ3v) is 4.60. The van der Waals surface area contributed by atoms with E-state index in [-0.39, 0.29) is 16.3 Å². The van der Waals surface area contributed by atoms with Gasteiger partial charge < -0.3 is 19.3 Å². The highest BCUT2D eigenvalue weighted by molar-refractivity contribution is 6.32. The molecule has 3 aromatic carbocycles. The summed E-state index contributed by atoms with van der Waals surface area (Å²) in [6.07, 6.45) is 1.45. The molecule has 2 N–H and O–H groups in total. The Balaban J connectivity index is 1.73. The van der Waals surface area contributed by atoms with Crippen LogP contribution >= 0.6 is 11.6 Å². The van der Waals surface area contributed by atoms with Gasteiger partial charge in [0.15, 0.2) is 11.5 Å². The standard InChI is InChI=1S/C23H21ClN2O5/c1-29-20-10-16(13-25-26-23(28)17-8-9-19(27)18(24)12-17)11-21(30-2)22(20)31-14-15-6-4-3-5-7-15/h3-13,27H,14H2,1-2H3,(H,26,28). The van der Waals surface area contributed by atoms with Crippen LogP contribution in [0.5, 0.6) is 23.0 Å². The maximum Gasteiger partial charge on any atom is 0.271 e. The molecule has 0 unspecified atom stereocenters. The molecule has 0 aliphatic carbocycles. The van der Waals surface area contributed by atoms with Crippen LogP contribution in [-0.2, 0) is 6.61 Å². The number of methoxy groups -OCH3 is 2. The highest BCUT2D eigenvalue weighted by atomic mass is 35.5. The number of phenols is 1. The number of nitrogens with one attached hydrogen (secondary N) is 1. The van der Waals surface area contributed by atoms with Gasteiger partial charge in [-0.3, -0.25) is 4.79 Å². The van der Waals surface area contributed by atoms with Gasteiger partial charge in [0, 0.05) is 11.1 Å². The molecule has 7 nitrogen and oxygen atoms in total. The van der Waals surface area contributed by atoms with Gasteiger partial charge in [0.1, 0.15) is 12.4 Å². The first-order valence-corrected chi connectivity index (χ1v) is 9.64. The Hall–Kier alpha value is -3.71. The van der Waals surface area contributed by atoms with E-state index in [1.54, 1.807) is 12.1 Å². The number of ether oxygens (including phenoxy) is 3. The third-order valence-electron chi connectivity index (χ3n) is 4.30. The second-order valence-corrected chi connectivity index (χ2v) is 6.80. The Morgan fingerprint density at radius 1 is 1.06 bits per heavy atom. The molecule has 3 rings (SSSR count). The van der Waals surface area contributed by atoms with Crippen LogP contribution < -0.4 is 19.6 Å². The number of rotatable bonds is 8. The topological polar surface area (TPSA) is 89.4 Å². The zero-order chi connectivity index (χ0) is 22.2. The zero-order valence-electron chi connectivity index (χ0n) is 17.0. The van der Waals surface area contributed by atoms with Crippen molar-refractivity contribution >= 4 is 23.7 Å². The summed E-state index contributed by atoms with van der Waals surface area (Å²) in [6, 6.07) is 17.3. The van der Waals surface area contributed by atoms with Crippen LogP contribution in [0.1, 0.15) is 21.5 Å². The first-order chi connectivity index (χ1) is 15.0. The van der Waals surface area contributed by atoms with E-state index < -0.39 is 5.91 Å². The van der Waals surface area contributed by atoms with Crippen LogP contribution in [0, 0.1) is 0 Å². The lowest BCUT2D eigenvalue weighted by atomic mass is 10.2. The number of hydrogen-bond donors (Lipinski definition) is 2. The van der Waals surface area contributed by atoms with Gasteiger partial charge in [0.25, 0.3) is 5.91 Å². The van der Waals surface area contributed by atoms with E-state index in [9.17, 15) is 9.90 Å². The molecule has 31 heavy (non-hydrogen) atoms. The number of carbonyl (C=O) groups is 1. The van der Waals surface area contributed by atoms with Crippen molar-refractivity contribution in [1.29, 1.82) is 0 Å². The van der Waals surface area contributed by atoms with Crippen molar-refractivity contribution in [2.75, 3.05) is 14.2 Å². The van der Waals surface area contributed by atoms with E-state index in [0.717, 1.165) is 5.56 Å². The number of amides is 1. The van der Waals surface area contributed by atoms with Crippen LogP contribution in [0.15, 0.2) is 65.8 Å². The monoisotopic (exact) mass is 440 g/mol. The molecule has 0 fully saturated rings. The van der Waals surface area contributed by atoms with Gasteiger partial charge in [-0.15, -0.1) is 0 Å². The smallest absolute Gasteiger partial charge is 0.271 e. The minimum atomic E-state index is -0.472. The van der Waals surface area contributed by atoms with Crippen LogP contribution in [0.3, 0.4) is 0 Å². The summed E-state index contributed by atoms with van der Waals surface area (Å²) < 4.78 is 16.8. The molecule has 0 spiro atoms. The highest BCUT2D eigenvalue weighted by Gasteiger charge is 2.14. The summed E-state index contributed by atoms with van der Waals surface area (Å²) >= 11 is 5.83. The lowest BCUT2D eigenvalue weighted by Gasteiger charge is -2.15. The first kappa shape index (κ1) is 22.0. The molecule has 0 aliphatic heterocycles. The Kier molecular flexibility index (Phi) is 7.35. The van der Waals surface area contributed by atoms with Crippen molar-refractivity contribution in [3.63, 3.8) is 0 Å². The minimum Gasteiger partial charge on any atom is -0.506 e. The van der Waals surface area contributed by atoms with E-state index in [1.165, 1.54) is 38.6 Å². The van der Waals surface area contributed by atoms with E-state index >= 15 is 0 Å². The summed E-state index contributed by atoms with van der Waals surface area (Å²) in [7, 11) is 3.06. The van der Waals surface area contributed by atoms with Gasteiger partial charge in [-0.25, -0.2) is 5.43 Å². The summed E-state index contributed by atoms with van der Waals surface area (Å²) in [6.45, 7) is 0.353. The Morgan fingerprint density at radius 3 is 2.35 bits per heavy atom. The van der Waals surface area contributed by atoms with Gasteiger partial charge >= 0.3 is 0 Å². The molecular weight excluding hydrogens is 420 g/mol. The lowest BCUT2D eigenvalue weighted by Crippen LogP contribution is -2.17. The van der Waals surface area contributed by atoms with E-state index in [4.69, 9.17) is 25.8 Å². The highest BCUT2D eigenvalue weighted by Crippen LogP contribution is 2.38. The van der Waals surface area contributed by atoms with Crippen molar-refractivity contribution in [3.8, 4) is 23.0 Å². The minimum absolute atomic E-state index is 0.0807. The molecule has 0 radical (unpaired) electrons. The molecule has 0 aromatic heterocycles. The fourth-order valence-corrected chi connectivity index (χ4v) is 2.91. The van der Waals surface area contributed by atoms with Crippen molar-refractivity contribution < 1.29 is 24.1 Å². The number of phenolic OH excluding ortho intramolecular Hbond substituents is 1. The maximum absolute atomic E-state index is 12.2. The number of hydrazone groups is 1. The van der Waals surface area contributed by atoms with Gasteiger partial charge in [-0.2, -0.15) is 5.10 Å². The molecule has 0 aliphatic rings. The van der Waals surface area contributed by atoms with Crippen LogP contribution in [0.4, 0.5) is 0 Å². The fourth-order valence-electron chi connectivity index (χ4n) is 2.72. The average molecular weight is 441 g/mol. The number of carbonyl (C=O) groups excluding carboxylic acids is 1. The molecule has 8 heteroatoms. The van der Waals surface area contributed by atoms with Crippen LogP contribution in [0.25, 0.3) is 0 Å². The summed E-state index contributed by atoms with van der Waals surface area (Å²) in [5.74, 6) is 0.825. The van der Waals surface area contributed by atoms with Gasteiger partial charge in [-0.1, -0.05) is 41.9 Å². The van der Waals surface area contributed by atoms with Gasteiger partial charge in [0.2, 0.25) is 5.75 Å². The summed E-state index contributed by atoms with van der Waals surface area (Å²) in [5.41, 5.74) is 4.31. The Labute approximate surface area is 184 Å². The molecule has 0 saturated heterocycles. The van der Waals surface area contributed by atoms with Crippen molar-refractivity contribution in [3.05, 3.63) is 82.4 Å². The van der Waals surface area contributed by atoms with E-state index in [2.05, 4.69) is 10.5 Å². The van der Waals surface area contributed by atoms with Crippen molar-refractivity contribution in [2.24, 2.45) is 5.10 Å². The lowest BCUT2D eigenvalue weighted by molar-refractivity contribution is 0.0955. The second kappa shape index (κ2) is 10.4. The molecule has 0 bridgehead atoms. The van der Waals surface area contributed by atoms with Crippen LogP contribution in [-0.4, -0.2) is 31.4 Å². The number of halogens is 1. The van der Waals surface area contributed by atoms with Crippen LogP contribution in [0.2, 0.25) is 5.02 Å². The predicted octanol–water partition coefficient (Wildman–Crippen LogP) is 4.41. The van der Waals surface area contributed by atoms with Crippen molar-refractivity contribution in [1.82, 2.24) is 5.43 Å². The molecule has 0 saturated carbocycles. The molecule has 0 atom stereocenters. The Bertz CT molecular complexity index is 1060. The molecule has 160 valence electrons. The van der Waals surface area contributed by atoms with E-state index in [0.29, 0.717) is 29.4 Å². The normalized spacial score (nSPS) is 10.7. The third kappa shape index (κ3) is 5.67. The molecule has 1 amide bonds. The predicted molar refractivity (Wildman–Crippen MR) is 118 cm³/mol. The van der Waals surface area contributed by atoms with Gasteiger partial charge in [-0.05, 0) is 35.9 Å². The fraction of sp³-hybridized carbons (Fsp3) is 0.130. The molecule has 0 heterocycles. The quantitative estimate of drug-likeness (QED) is 0.400. The SMILES string of the molecule is COc1cc(C=NNC(=O)c2ccc(O)c(Cl)c2)cc(OC)c1OCc1ccccc1. The molecular formula is C23H21ClN2O5. The largest absolute Gasteiger partial charge is 0.506 e. The average Bonchev–Trinajstić information content (AvgIpc) is 2.79. The van der Waals surface area contributed by atoms with E-state index in [1.807, 2.05) is 30.3 Å². The first-order valence-electron chi connectivity index (χ1n) is 9.26. The number of benzene rings is 3. The number of nitrogens with zero attached hydrogens (tertiary/aromatic N) is 1. The number of hydrogen-bond acceptors (Lipinski definition) is 6. The zero-order valence-corrected chi connectivity index (χ0v) is 17.7. The molecule has 3 aromatic rings.